The van der Waals surface area contributed by atoms with Crippen LogP contribution in [0.25, 0.3) is 32.8 Å². The van der Waals surface area contributed by atoms with Gasteiger partial charge in [-0.3, -0.25) is 4.98 Å². The first-order valence-electron chi connectivity index (χ1n) is 11.3. The topological polar surface area (TPSA) is 12.9 Å². The molecule has 0 bridgehead atoms. The van der Waals surface area contributed by atoms with E-state index in [1.165, 1.54) is 6.07 Å². The first-order valence-corrected chi connectivity index (χ1v) is 11.3. The van der Waals surface area contributed by atoms with Crippen LogP contribution in [0.4, 0.5) is 13.2 Å². The smallest absolute Gasteiger partial charge is 0.256 e. The van der Waals surface area contributed by atoms with E-state index in [1.54, 1.807) is 12.3 Å². The molecule has 0 saturated heterocycles. The number of benzene rings is 3. The summed E-state index contributed by atoms with van der Waals surface area (Å²) in [6, 6.07) is 15.1. The minimum Gasteiger partial charge on any atom is -0.256 e. The third kappa shape index (κ3) is 4.50. The van der Waals surface area contributed by atoms with E-state index in [4.69, 9.17) is 0 Å². The molecule has 32 heavy (non-hydrogen) atoms. The summed E-state index contributed by atoms with van der Waals surface area (Å²) in [5, 5.41) is 3.14. The second-order valence-electron chi connectivity index (χ2n) is 8.74. The molecule has 0 aliphatic carbocycles. The molecule has 4 aromatic rings. The van der Waals surface area contributed by atoms with Crippen molar-refractivity contribution in [3.63, 3.8) is 0 Å². The number of rotatable bonds is 6. The van der Waals surface area contributed by atoms with Crippen molar-refractivity contribution < 1.29 is 13.2 Å². The molecule has 0 radical (unpaired) electrons. The first-order chi connectivity index (χ1) is 15.3. The van der Waals surface area contributed by atoms with E-state index in [-0.39, 0.29) is 0 Å². The van der Waals surface area contributed by atoms with Crippen molar-refractivity contribution in [2.24, 2.45) is 0 Å². The molecule has 1 aromatic heterocycles. The molecule has 0 N–H and O–H groups in total. The summed E-state index contributed by atoms with van der Waals surface area (Å²) in [7, 11) is 0. The third-order valence-electron chi connectivity index (χ3n) is 6.09. The summed E-state index contributed by atoms with van der Waals surface area (Å²) in [5.74, 6) is 0. The molecule has 0 aliphatic heterocycles. The molecular weight excluding hydrogens is 407 g/mol. The monoisotopic (exact) mass is 435 g/mol. The molecule has 0 spiro atoms. The molecule has 3 aromatic carbocycles. The maximum absolute atomic E-state index is 14.0. The van der Waals surface area contributed by atoms with Crippen LogP contribution in [0, 0.1) is 13.8 Å². The van der Waals surface area contributed by atoms with Crippen molar-refractivity contribution in [2.75, 3.05) is 0 Å². The minimum absolute atomic E-state index is 0.393. The quantitative estimate of drug-likeness (QED) is 0.218. The van der Waals surface area contributed by atoms with Crippen molar-refractivity contribution in [1.82, 2.24) is 4.98 Å². The van der Waals surface area contributed by atoms with Gasteiger partial charge in [-0.1, -0.05) is 61.6 Å². The average molecular weight is 436 g/mol. The normalized spacial score (nSPS) is 12.1. The lowest BCUT2D eigenvalue weighted by Gasteiger charge is -2.16. The van der Waals surface area contributed by atoms with Gasteiger partial charge in [-0.15, -0.1) is 0 Å². The zero-order valence-electron chi connectivity index (χ0n) is 18.8. The van der Waals surface area contributed by atoms with E-state index < -0.39 is 11.7 Å². The number of nitrogens with zero attached hydrogens (tertiary/aromatic N) is 1. The lowest BCUT2D eigenvalue weighted by atomic mass is 9.92. The molecule has 4 rings (SSSR count). The Morgan fingerprint density at radius 3 is 2.22 bits per heavy atom. The molecule has 0 fully saturated rings. The minimum atomic E-state index is -4.38. The first kappa shape index (κ1) is 22.3. The van der Waals surface area contributed by atoms with Gasteiger partial charge >= 0.3 is 6.18 Å². The fourth-order valence-corrected chi connectivity index (χ4v) is 4.64. The number of aryl methyl sites for hydroxylation is 3. The fourth-order valence-electron chi connectivity index (χ4n) is 4.64. The highest BCUT2D eigenvalue weighted by atomic mass is 19.4. The highest BCUT2D eigenvalue weighted by molar-refractivity contribution is 6.11. The highest BCUT2D eigenvalue weighted by Crippen LogP contribution is 2.39. The van der Waals surface area contributed by atoms with Crippen LogP contribution in [-0.4, -0.2) is 4.98 Å². The van der Waals surface area contributed by atoms with Gasteiger partial charge in [-0.2, -0.15) is 13.2 Å². The number of aromatic nitrogens is 1. The number of fused-ring (bicyclic) bond motifs is 3. The summed E-state index contributed by atoms with van der Waals surface area (Å²) in [6.45, 7) is 6.17. The molecule has 1 nitrogen and oxygen atoms in total. The number of halogens is 3. The predicted molar refractivity (Wildman–Crippen MR) is 127 cm³/mol. The molecule has 4 heteroatoms. The van der Waals surface area contributed by atoms with Crippen molar-refractivity contribution in [2.45, 2.75) is 59.1 Å². The third-order valence-corrected chi connectivity index (χ3v) is 6.09. The summed E-state index contributed by atoms with van der Waals surface area (Å²) in [6.07, 6.45) is 1.61. The second-order valence-corrected chi connectivity index (χ2v) is 8.74. The van der Waals surface area contributed by atoms with E-state index in [1.807, 2.05) is 32.0 Å². The van der Waals surface area contributed by atoms with Crippen LogP contribution in [-0.2, 0) is 12.6 Å². The van der Waals surface area contributed by atoms with E-state index in [9.17, 15) is 13.2 Å². The SMILES string of the molecule is CCCCCCc1cc2ccc3c(-c4cc(C)cc(C)c4)nccc3c2cc1C(F)(F)F. The molecular formula is C28H28F3N. The summed E-state index contributed by atoms with van der Waals surface area (Å²) in [4.78, 5) is 4.59. The lowest BCUT2D eigenvalue weighted by Crippen LogP contribution is -2.09. The molecule has 0 aliphatic rings. The average Bonchev–Trinajstić information content (AvgIpc) is 2.74. The Kier molecular flexibility index (Phi) is 6.23. The Hall–Kier alpha value is -2.88. The number of hydrogen-bond acceptors (Lipinski definition) is 1. The second kappa shape index (κ2) is 8.93. The predicted octanol–water partition coefficient (Wildman–Crippen LogP) is 8.81. The summed E-state index contributed by atoms with van der Waals surface area (Å²) < 4.78 is 41.9. The van der Waals surface area contributed by atoms with Gasteiger partial charge < -0.3 is 0 Å². The van der Waals surface area contributed by atoms with Crippen molar-refractivity contribution in [3.05, 3.63) is 77.0 Å². The van der Waals surface area contributed by atoms with Gasteiger partial charge in [-0.25, -0.2) is 0 Å². The summed E-state index contributed by atoms with van der Waals surface area (Å²) >= 11 is 0. The van der Waals surface area contributed by atoms with Crippen LogP contribution in [0.1, 0.15) is 54.9 Å². The lowest BCUT2D eigenvalue weighted by molar-refractivity contribution is -0.138. The molecule has 0 atom stereocenters. The van der Waals surface area contributed by atoms with Crippen molar-refractivity contribution in [1.29, 1.82) is 0 Å². The Balaban J connectivity index is 1.89. The molecule has 166 valence electrons. The Morgan fingerprint density at radius 2 is 1.53 bits per heavy atom. The molecule has 0 amide bonds. The zero-order valence-corrected chi connectivity index (χ0v) is 18.8. The van der Waals surface area contributed by atoms with Gasteiger partial charge in [0, 0.05) is 17.1 Å². The van der Waals surface area contributed by atoms with Crippen LogP contribution in [0.2, 0.25) is 0 Å². The van der Waals surface area contributed by atoms with Gasteiger partial charge in [0.25, 0.3) is 0 Å². The van der Waals surface area contributed by atoms with Gasteiger partial charge in [0.15, 0.2) is 0 Å². The van der Waals surface area contributed by atoms with Gasteiger partial charge in [0.2, 0.25) is 0 Å². The standard InChI is InChI=1S/C28H28F3N/c1-4-5-6-7-8-21-16-20-9-10-24-23(25(20)17-26(21)28(29,30)31)11-12-32-27(24)22-14-18(2)13-19(3)15-22/h9-17H,4-8H2,1-3H3. The maximum atomic E-state index is 14.0. The Morgan fingerprint density at radius 1 is 0.781 bits per heavy atom. The number of hydrogen-bond donors (Lipinski definition) is 0. The number of pyridine rings is 1. The summed E-state index contributed by atoms with van der Waals surface area (Å²) in [5.41, 5.74) is 3.92. The van der Waals surface area contributed by atoms with Gasteiger partial charge in [0.05, 0.1) is 11.3 Å². The maximum Gasteiger partial charge on any atom is 0.416 e. The molecule has 1 heterocycles. The number of alkyl halides is 3. The highest BCUT2D eigenvalue weighted by Gasteiger charge is 2.33. The van der Waals surface area contributed by atoms with Crippen LogP contribution in [0.5, 0.6) is 0 Å². The van der Waals surface area contributed by atoms with E-state index in [0.717, 1.165) is 64.2 Å². The van der Waals surface area contributed by atoms with Crippen LogP contribution in [0.15, 0.2) is 54.7 Å². The van der Waals surface area contributed by atoms with E-state index in [2.05, 4.69) is 30.1 Å². The zero-order chi connectivity index (χ0) is 22.9. The largest absolute Gasteiger partial charge is 0.416 e. The fraction of sp³-hybridized carbons (Fsp3) is 0.321. The van der Waals surface area contributed by atoms with E-state index >= 15 is 0 Å². The molecule has 0 saturated carbocycles. The Labute approximate surface area is 187 Å². The van der Waals surface area contributed by atoms with Gasteiger partial charge in [0.1, 0.15) is 0 Å². The van der Waals surface area contributed by atoms with Crippen LogP contribution < -0.4 is 0 Å². The van der Waals surface area contributed by atoms with Crippen LogP contribution >= 0.6 is 0 Å². The Bertz CT molecular complexity index is 1250. The van der Waals surface area contributed by atoms with Crippen LogP contribution in [0.3, 0.4) is 0 Å². The van der Waals surface area contributed by atoms with Gasteiger partial charge in [-0.05, 0) is 72.7 Å². The van der Waals surface area contributed by atoms with Crippen molar-refractivity contribution >= 4 is 21.5 Å². The molecule has 0 unspecified atom stereocenters. The van der Waals surface area contributed by atoms with Crippen molar-refractivity contribution in [3.8, 4) is 11.3 Å². The van der Waals surface area contributed by atoms with E-state index in [0.29, 0.717) is 17.4 Å². The number of unbranched alkanes of at least 4 members (excludes halogenated alkanes) is 3.